The van der Waals surface area contributed by atoms with Gasteiger partial charge in [0.05, 0.1) is 6.54 Å². The summed E-state index contributed by atoms with van der Waals surface area (Å²) in [4.78, 5) is 24.9. The Morgan fingerprint density at radius 2 is 1.68 bits per heavy atom. The SMILES string of the molecule is CC(C)(C)OC(=O)N[C@@H](Cc1ccccc1)C(=O)Oc1ccc(CN=N)cc1. The van der Waals surface area contributed by atoms with Crippen LogP contribution in [0, 0.1) is 5.53 Å². The van der Waals surface area contributed by atoms with Crippen molar-refractivity contribution >= 4 is 12.1 Å². The molecular formula is C21H25N3O4. The van der Waals surface area contributed by atoms with E-state index in [2.05, 4.69) is 10.4 Å². The number of hydrogen-bond acceptors (Lipinski definition) is 6. The van der Waals surface area contributed by atoms with Crippen LogP contribution in [0.25, 0.3) is 0 Å². The van der Waals surface area contributed by atoms with Crippen LogP contribution in [-0.4, -0.2) is 23.7 Å². The number of carbonyl (C=O) groups excluding carboxylic acids is 2. The van der Waals surface area contributed by atoms with Gasteiger partial charge in [-0.2, -0.15) is 5.11 Å². The average Bonchev–Trinajstić information content (AvgIpc) is 2.62. The Morgan fingerprint density at radius 3 is 2.25 bits per heavy atom. The zero-order valence-corrected chi connectivity index (χ0v) is 16.3. The molecule has 0 aliphatic carbocycles. The highest BCUT2D eigenvalue weighted by atomic mass is 16.6. The van der Waals surface area contributed by atoms with Gasteiger partial charge in [0.25, 0.3) is 0 Å². The molecule has 28 heavy (non-hydrogen) atoms. The molecule has 0 aliphatic heterocycles. The van der Waals surface area contributed by atoms with Crippen LogP contribution in [-0.2, 0) is 22.5 Å². The lowest BCUT2D eigenvalue weighted by atomic mass is 10.1. The van der Waals surface area contributed by atoms with Crippen molar-refractivity contribution in [2.75, 3.05) is 0 Å². The van der Waals surface area contributed by atoms with Crippen LogP contribution in [0.2, 0.25) is 0 Å². The molecule has 148 valence electrons. The fraction of sp³-hybridized carbons (Fsp3) is 0.333. The highest BCUT2D eigenvalue weighted by Gasteiger charge is 2.26. The molecule has 0 saturated heterocycles. The van der Waals surface area contributed by atoms with E-state index in [0.717, 1.165) is 11.1 Å². The zero-order valence-electron chi connectivity index (χ0n) is 16.3. The van der Waals surface area contributed by atoms with Gasteiger partial charge in [0.2, 0.25) is 0 Å². The number of alkyl carbamates (subject to hydrolysis) is 1. The summed E-state index contributed by atoms with van der Waals surface area (Å²) in [5.41, 5.74) is 7.93. The molecule has 0 radical (unpaired) electrons. The molecule has 0 bridgehead atoms. The molecule has 2 N–H and O–H groups in total. The zero-order chi connectivity index (χ0) is 20.6. The van der Waals surface area contributed by atoms with Crippen LogP contribution in [0.5, 0.6) is 5.75 Å². The molecule has 0 spiro atoms. The third-order valence-electron chi connectivity index (χ3n) is 3.66. The molecule has 0 heterocycles. The van der Waals surface area contributed by atoms with Crippen molar-refractivity contribution in [3.05, 3.63) is 65.7 Å². The van der Waals surface area contributed by atoms with Gasteiger partial charge < -0.3 is 14.8 Å². The Hall–Kier alpha value is -3.22. The topological polar surface area (TPSA) is 101 Å². The maximum Gasteiger partial charge on any atom is 0.408 e. The molecule has 0 aliphatic rings. The monoisotopic (exact) mass is 383 g/mol. The fourth-order valence-corrected chi connectivity index (χ4v) is 2.43. The Balaban J connectivity index is 2.10. The molecule has 1 atom stereocenters. The number of esters is 1. The van der Waals surface area contributed by atoms with Gasteiger partial charge >= 0.3 is 12.1 Å². The van der Waals surface area contributed by atoms with Crippen molar-refractivity contribution in [1.82, 2.24) is 5.32 Å². The summed E-state index contributed by atoms with van der Waals surface area (Å²) in [5, 5.41) is 5.91. The summed E-state index contributed by atoms with van der Waals surface area (Å²) in [5.74, 6) is -0.240. The van der Waals surface area contributed by atoms with E-state index in [0.29, 0.717) is 5.75 Å². The van der Waals surface area contributed by atoms with E-state index >= 15 is 0 Å². The lowest BCUT2D eigenvalue weighted by molar-refractivity contribution is -0.136. The summed E-state index contributed by atoms with van der Waals surface area (Å²) in [7, 11) is 0. The van der Waals surface area contributed by atoms with Crippen molar-refractivity contribution in [2.45, 2.75) is 45.4 Å². The number of amides is 1. The lowest BCUT2D eigenvalue weighted by Gasteiger charge is -2.23. The molecule has 2 rings (SSSR count). The van der Waals surface area contributed by atoms with Gasteiger partial charge in [0, 0.05) is 6.42 Å². The first-order valence-corrected chi connectivity index (χ1v) is 8.94. The number of hydrogen-bond donors (Lipinski definition) is 2. The largest absolute Gasteiger partial charge is 0.444 e. The van der Waals surface area contributed by atoms with E-state index in [4.69, 9.17) is 15.0 Å². The van der Waals surface area contributed by atoms with Gasteiger partial charge in [-0.25, -0.2) is 15.1 Å². The van der Waals surface area contributed by atoms with E-state index in [9.17, 15) is 9.59 Å². The summed E-state index contributed by atoms with van der Waals surface area (Å²) in [6, 6.07) is 15.2. The lowest BCUT2D eigenvalue weighted by Crippen LogP contribution is -2.46. The molecule has 0 fully saturated rings. The predicted molar refractivity (Wildman–Crippen MR) is 104 cm³/mol. The standard InChI is InChI=1S/C21H25N3O4/c1-21(2,3)28-20(26)24-18(13-15-7-5-4-6-8-15)19(25)27-17-11-9-16(10-12-17)14-23-22/h4-12,18,22H,13-14H2,1-3H3,(H,24,26)/t18-/m0/s1. The van der Waals surface area contributed by atoms with E-state index in [-0.39, 0.29) is 13.0 Å². The van der Waals surface area contributed by atoms with Gasteiger partial charge in [-0.05, 0) is 44.0 Å². The predicted octanol–water partition coefficient (Wildman–Crippen LogP) is 4.26. The van der Waals surface area contributed by atoms with Gasteiger partial charge in [0.1, 0.15) is 17.4 Å². The molecule has 2 aromatic rings. The molecule has 0 aromatic heterocycles. The number of carbonyl (C=O) groups is 2. The number of benzene rings is 2. The summed E-state index contributed by atoms with van der Waals surface area (Å²) < 4.78 is 10.7. The quantitative estimate of drug-likeness (QED) is 0.424. The van der Waals surface area contributed by atoms with Crippen LogP contribution in [0.15, 0.2) is 59.7 Å². The van der Waals surface area contributed by atoms with Gasteiger partial charge in [-0.3, -0.25) is 0 Å². The van der Waals surface area contributed by atoms with Crippen molar-refractivity contribution in [2.24, 2.45) is 5.11 Å². The summed E-state index contributed by atoms with van der Waals surface area (Å²) >= 11 is 0. The minimum Gasteiger partial charge on any atom is -0.444 e. The van der Waals surface area contributed by atoms with E-state index in [1.165, 1.54) is 0 Å². The molecule has 0 saturated carbocycles. The third-order valence-corrected chi connectivity index (χ3v) is 3.66. The third kappa shape index (κ3) is 7.19. The number of rotatable bonds is 7. The van der Waals surface area contributed by atoms with Crippen molar-refractivity contribution in [3.8, 4) is 5.75 Å². The first kappa shape index (κ1) is 21.1. The average molecular weight is 383 g/mol. The maximum atomic E-state index is 12.7. The minimum absolute atomic E-state index is 0.269. The Bertz CT molecular complexity index is 799. The van der Waals surface area contributed by atoms with Crippen molar-refractivity contribution < 1.29 is 19.1 Å². The molecular weight excluding hydrogens is 358 g/mol. The van der Waals surface area contributed by atoms with Crippen LogP contribution in [0.4, 0.5) is 4.79 Å². The van der Waals surface area contributed by atoms with Crippen molar-refractivity contribution in [1.29, 1.82) is 5.53 Å². The number of nitrogens with one attached hydrogen (secondary N) is 2. The van der Waals surface area contributed by atoms with Crippen LogP contribution >= 0.6 is 0 Å². The van der Waals surface area contributed by atoms with Gasteiger partial charge in [-0.15, -0.1) is 0 Å². The van der Waals surface area contributed by atoms with E-state index < -0.39 is 23.7 Å². The highest BCUT2D eigenvalue weighted by Crippen LogP contribution is 2.15. The maximum absolute atomic E-state index is 12.7. The number of nitrogens with zero attached hydrogens (tertiary/aromatic N) is 1. The van der Waals surface area contributed by atoms with Crippen molar-refractivity contribution in [3.63, 3.8) is 0 Å². The van der Waals surface area contributed by atoms with E-state index in [1.54, 1.807) is 45.0 Å². The van der Waals surface area contributed by atoms with Gasteiger partial charge in [0.15, 0.2) is 0 Å². The molecule has 2 aromatic carbocycles. The van der Waals surface area contributed by atoms with Crippen LogP contribution in [0.3, 0.4) is 0 Å². The molecule has 7 nitrogen and oxygen atoms in total. The second-order valence-electron chi connectivity index (χ2n) is 7.27. The summed E-state index contributed by atoms with van der Waals surface area (Å²) in [6.45, 7) is 5.52. The Kier molecular flexibility index (Phi) is 7.26. The fourth-order valence-electron chi connectivity index (χ4n) is 2.43. The van der Waals surface area contributed by atoms with Crippen LogP contribution < -0.4 is 10.1 Å². The molecule has 1 amide bonds. The minimum atomic E-state index is -0.903. The Labute approximate surface area is 164 Å². The second kappa shape index (κ2) is 9.64. The number of ether oxygens (including phenoxy) is 2. The first-order chi connectivity index (χ1) is 13.3. The summed E-state index contributed by atoms with van der Waals surface area (Å²) in [6.07, 6.45) is -0.410. The normalized spacial score (nSPS) is 12.0. The second-order valence-corrected chi connectivity index (χ2v) is 7.27. The smallest absolute Gasteiger partial charge is 0.408 e. The van der Waals surface area contributed by atoms with Crippen LogP contribution in [0.1, 0.15) is 31.9 Å². The Morgan fingerprint density at radius 1 is 1.04 bits per heavy atom. The highest BCUT2D eigenvalue weighted by molar-refractivity contribution is 5.83. The van der Waals surface area contributed by atoms with Gasteiger partial charge in [-0.1, -0.05) is 42.5 Å². The first-order valence-electron chi connectivity index (χ1n) is 8.94. The molecule has 0 unspecified atom stereocenters. The van der Waals surface area contributed by atoms with E-state index in [1.807, 2.05) is 30.3 Å². The molecule has 7 heteroatoms.